The zero-order valence-electron chi connectivity index (χ0n) is 11.4. The Bertz CT molecular complexity index is 455. The summed E-state index contributed by atoms with van der Waals surface area (Å²) in [7, 11) is 0. The second-order valence-electron chi connectivity index (χ2n) is 4.46. The summed E-state index contributed by atoms with van der Waals surface area (Å²) in [4.78, 5) is 23.3. The molecule has 0 fully saturated rings. The van der Waals surface area contributed by atoms with E-state index in [0.717, 1.165) is 22.9 Å². The van der Waals surface area contributed by atoms with Gasteiger partial charge in [-0.05, 0) is 31.0 Å². The Hall–Kier alpha value is -1.16. The summed E-state index contributed by atoms with van der Waals surface area (Å²) in [5.41, 5.74) is 1.65. The van der Waals surface area contributed by atoms with Gasteiger partial charge in [0.2, 0.25) is 0 Å². The Morgan fingerprint density at radius 3 is 2.63 bits per heavy atom. The highest BCUT2D eigenvalue weighted by Crippen LogP contribution is 2.18. The lowest BCUT2D eigenvalue weighted by atomic mass is 10.0. The minimum absolute atomic E-state index is 0.0250. The highest BCUT2D eigenvalue weighted by Gasteiger charge is 2.11. The molecule has 0 bridgehead atoms. The zero-order valence-corrected chi connectivity index (χ0v) is 13.0. The molecule has 0 aromatic heterocycles. The summed E-state index contributed by atoms with van der Waals surface area (Å²) < 4.78 is 5.99. The first-order chi connectivity index (χ1) is 9.04. The molecule has 4 heteroatoms. The van der Waals surface area contributed by atoms with Crippen molar-refractivity contribution in [2.24, 2.45) is 0 Å². The molecule has 1 aromatic rings. The summed E-state index contributed by atoms with van der Waals surface area (Å²) in [6.07, 6.45) is 2.21. The van der Waals surface area contributed by atoms with E-state index in [-0.39, 0.29) is 24.6 Å². The van der Waals surface area contributed by atoms with Crippen LogP contribution < -0.4 is 0 Å². The molecule has 0 atom stereocenters. The summed E-state index contributed by atoms with van der Waals surface area (Å²) >= 11 is 3.39. The van der Waals surface area contributed by atoms with Crippen molar-refractivity contribution in [2.75, 3.05) is 6.61 Å². The van der Waals surface area contributed by atoms with Crippen LogP contribution in [0.3, 0.4) is 0 Å². The topological polar surface area (TPSA) is 43.4 Å². The molecule has 104 valence electrons. The van der Waals surface area contributed by atoms with Gasteiger partial charge >= 0.3 is 5.97 Å². The summed E-state index contributed by atoms with van der Waals surface area (Å²) in [6.45, 7) is 4.41. The predicted molar refractivity (Wildman–Crippen MR) is 78.3 cm³/mol. The molecule has 0 amide bonds. The number of unbranched alkanes of at least 4 members (excludes halogenated alkanes) is 1. The lowest BCUT2D eigenvalue weighted by Crippen LogP contribution is -2.09. The van der Waals surface area contributed by atoms with E-state index in [9.17, 15) is 9.59 Å². The fourth-order valence-corrected chi connectivity index (χ4v) is 1.83. The Kier molecular flexibility index (Phi) is 6.78. The monoisotopic (exact) mass is 326 g/mol. The van der Waals surface area contributed by atoms with E-state index in [4.69, 9.17) is 4.74 Å². The highest BCUT2D eigenvalue weighted by atomic mass is 79.9. The highest BCUT2D eigenvalue weighted by molar-refractivity contribution is 9.10. The third kappa shape index (κ3) is 5.55. The van der Waals surface area contributed by atoms with E-state index in [1.54, 1.807) is 6.07 Å². The molecule has 0 saturated heterocycles. The molecule has 0 spiro atoms. The van der Waals surface area contributed by atoms with Gasteiger partial charge in [-0.3, -0.25) is 9.59 Å². The summed E-state index contributed by atoms with van der Waals surface area (Å²) in [5.74, 6) is -0.321. The van der Waals surface area contributed by atoms with Gasteiger partial charge in [0.15, 0.2) is 5.78 Å². The molecule has 1 aromatic carbocycles. The molecule has 0 aliphatic carbocycles. The average molecular weight is 327 g/mol. The number of esters is 1. The van der Waals surface area contributed by atoms with Gasteiger partial charge in [0, 0.05) is 16.5 Å². The normalized spacial score (nSPS) is 10.3. The number of benzene rings is 1. The van der Waals surface area contributed by atoms with Gasteiger partial charge in [-0.2, -0.15) is 0 Å². The minimum atomic E-state index is -0.296. The van der Waals surface area contributed by atoms with Crippen LogP contribution in [-0.4, -0.2) is 18.4 Å². The number of carbonyl (C=O) groups excluding carboxylic acids is 2. The summed E-state index contributed by atoms with van der Waals surface area (Å²) in [5, 5.41) is 0. The Labute approximate surface area is 122 Å². The van der Waals surface area contributed by atoms with Crippen LogP contribution in [0.1, 0.15) is 48.5 Å². The van der Waals surface area contributed by atoms with Crippen LogP contribution in [0.5, 0.6) is 0 Å². The van der Waals surface area contributed by atoms with Crippen molar-refractivity contribution in [1.82, 2.24) is 0 Å². The molecule has 1 rings (SSSR count). The van der Waals surface area contributed by atoms with Gasteiger partial charge in [-0.1, -0.05) is 35.3 Å². The molecule has 0 saturated carbocycles. The molecule has 0 heterocycles. The number of Topliss-reactive ketones (excluding diaryl/α,β-unsaturated/α-hetero) is 1. The van der Waals surface area contributed by atoms with Crippen molar-refractivity contribution in [3.63, 3.8) is 0 Å². The van der Waals surface area contributed by atoms with Gasteiger partial charge in [0.1, 0.15) is 0 Å². The van der Waals surface area contributed by atoms with Gasteiger partial charge < -0.3 is 4.74 Å². The Balaban J connectivity index is 2.42. The van der Waals surface area contributed by atoms with Crippen molar-refractivity contribution in [3.8, 4) is 0 Å². The molecule has 0 unspecified atom stereocenters. The van der Waals surface area contributed by atoms with Gasteiger partial charge in [0.05, 0.1) is 13.0 Å². The molecule has 3 nitrogen and oxygen atoms in total. The van der Waals surface area contributed by atoms with E-state index in [2.05, 4.69) is 15.9 Å². The van der Waals surface area contributed by atoms with Crippen LogP contribution in [0, 0.1) is 6.92 Å². The van der Waals surface area contributed by atoms with Crippen molar-refractivity contribution in [3.05, 3.63) is 33.8 Å². The number of rotatable bonds is 7. The van der Waals surface area contributed by atoms with E-state index in [1.807, 2.05) is 26.0 Å². The van der Waals surface area contributed by atoms with E-state index in [0.29, 0.717) is 12.2 Å². The van der Waals surface area contributed by atoms with Crippen molar-refractivity contribution >= 4 is 27.7 Å². The first-order valence-electron chi connectivity index (χ1n) is 6.49. The Morgan fingerprint density at radius 1 is 1.26 bits per heavy atom. The number of halogens is 1. The maximum Gasteiger partial charge on any atom is 0.306 e. The second-order valence-corrected chi connectivity index (χ2v) is 5.32. The first kappa shape index (κ1) is 15.9. The van der Waals surface area contributed by atoms with Crippen LogP contribution in [0.4, 0.5) is 0 Å². The van der Waals surface area contributed by atoms with Crippen LogP contribution >= 0.6 is 15.9 Å². The molecule has 0 aliphatic rings. The number of ketones is 1. The Morgan fingerprint density at radius 2 is 2.00 bits per heavy atom. The van der Waals surface area contributed by atoms with Gasteiger partial charge in [0.25, 0.3) is 0 Å². The van der Waals surface area contributed by atoms with Crippen molar-refractivity contribution in [1.29, 1.82) is 0 Å². The molecule has 0 aliphatic heterocycles. The van der Waals surface area contributed by atoms with E-state index < -0.39 is 0 Å². The number of hydrogen-bond acceptors (Lipinski definition) is 3. The van der Waals surface area contributed by atoms with Crippen molar-refractivity contribution < 1.29 is 14.3 Å². The first-order valence-corrected chi connectivity index (χ1v) is 7.29. The van der Waals surface area contributed by atoms with Crippen LogP contribution in [0.15, 0.2) is 22.7 Å². The second kappa shape index (κ2) is 8.10. The molecule has 19 heavy (non-hydrogen) atoms. The maximum atomic E-state index is 11.9. The average Bonchev–Trinajstić information content (AvgIpc) is 2.39. The lowest BCUT2D eigenvalue weighted by Gasteiger charge is -2.05. The quantitative estimate of drug-likeness (QED) is 0.431. The smallest absolute Gasteiger partial charge is 0.306 e. The maximum absolute atomic E-state index is 11.9. The number of hydrogen-bond donors (Lipinski definition) is 0. The standard InChI is InChI=1S/C15H19BrO3/c1-3-4-9-19-15(18)8-7-14(17)12-5-6-13(16)11(2)10-12/h5-6,10H,3-4,7-9H2,1-2H3. The van der Waals surface area contributed by atoms with Crippen LogP contribution in [0.25, 0.3) is 0 Å². The number of ether oxygens (including phenoxy) is 1. The predicted octanol–water partition coefficient (Wildman–Crippen LogP) is 4.06. The fraction of sp³-hybridized carbons (Fsp3) is 0.467. The van der Waals surface area contributed by atoms with E-state index >= 15 is 0 Å². The van der Waals surface area contributed by atoms with E-state index in [1.165, 1.54) is 0 Å². The van der Waals surface area contributed by atoms with Crippen molar-refractivity contribution in [2.45, 2.75) is 39.5 Å². The zero-order chi connectivity index (χ0) is 14.3. The molecular weight excluding hydrogens is 308 g/mol. The fourth-order valence-electron chi connectivity index (χ4n) is 1.58. The third-order valence-corrected chi connectivity index (χ3v) is 3.69. The molecule has 0 N–H and O–H groups in total. The van der Waals surface area contributed by atoms with Crippen LogP contribution in [0.2, 0.25) is 0 Å². The molecular formula is C15H19BrO3. The number of carbonyl (C=O) groups is 2. The third-order valence-electron chi connectivity index (χ3n) is 2.80. The summed E-state index contributed by atoms with van der Waals surface area (Å²) in [6, 6.07) is 5.44. The van der Waals surface area contributed by atoms with Crippen LogP contribution in [-0.2, 0) is 9.53 Å². The van der Waals surface area contributed by atoms with Gasteiger partial charge in [-0.25, -0.2) is 0 Å². The molecule has 0 radical (unpaired) electrons. The lowest BCUT2D eigenvalue weighted by molar-refractivity contribution is -0.143. The number of aryl methyl sites for hydroxylation is 1. The SMILES string of the molecule is CCCCOC(=O)CCC(=O)c1ccc(Br)c(C)c1. The largest absolute Gasteiger partial charge is 0.466 e. The minimum Gasteiger partial charge on any atom is -0.466 e. The van der Waals surface area contributed by atoms with Gasteiger partial charge in [-0.15, -0.1) is 0 Å².